The fraction of sp³-hybridized carbons (Fsp3) is 0.308. The number of nitrogens with two attached hydrogens (primary N) is 1. The van der Waals surface area contributed by atoms with E-state index in [9.17, 15) is 4.21 Å². The normalized spacial score (nSPS) is 12.5. The highest BCUT2D eigenvalue weighted by Crippen LogP contribution is 2.16. The Morgan fingerprint density at radius 1 is 1.44 bits per heavy atom. The maximum absolute atomic E-state index is 12.1. The number of aryl methyl sites for hydroxylation is 2. The van der Waals surface area contributed by atoms with E-state index in [0.29, 0.717) is 5.75 Å². The molecule has 0 amide bonds. The molecule has 1 atom stereocenters. The SMILES string of the molecule is Cc1cc(S(=O)CCCn2ccnc2)ccc1N. The number of hydrogen-bond acceptors (Lipinski definition) is 3. The number of nitrogens with zero attached hydrogens (tertiary/aromatic N) is 2. The summed E-state index contributed by atoms with van der Waals surface area (Å²) in [5.74, 6) is 0.654. The summed E-state index contributed by atoms with van der Waals surface area (Å²) in [6.45, 7) is 2.78. The largest absolute Gasteiger partial charge is 0.399 e. The second-order valence-corrected chi connectivity index (χ2v) is 5.79. The molecule has 0 saturated carbocycles. The minimum absolute atomic E-state index is 0.654. The monoisotopic (exact) mass is 263 g/mol. The Labute approximate surface area is 109 Å². The lowest BCUT2D eigenvalue weighted by atomic mass is 10.2. The number of aromatic nitrogens is 2. The topological polar surface area (TPSA) is 60.9 Å². The van der Waals surface area contributed by atoms with Crippen LogP contribution in [0.2, 0.25) is 0 Å². The van der Waals surface area contributed by atoms with Crippen LogP contribution in [0.5, 0.6) is 0 Å². The van der Waals surface area contributed by atoms with Crippen LogP contribution in [0.25, 0.3) is 0 Å². The van der Waals surface area contributed by atoms with Crippen molar-refractivity contribution < 1.29 is 4.21 Å². The molecule has 0 bridgehead atoms. The van der Waals surface area contributed by atoms with Crippen LogP contribution >= 0.6 is 0 Å². The Bertz CT molecular complexity index is 537. The summed E-state index contributed by atoms with van der Waals surface area (Å²) >= 11 is 0. The van der Waals surface area contributed by atoms with Crippen molar-refractivity contribution in [3.63, 3.8) is 0 Å². The molecule has 0 fully saturated rings. The molecule has 2 aromatic rings. The number of nitrogen functional groups attached to an aromatic ring is 1. The molecule has 1 heterocycles. The fourth-order valence-corrected chi connectivity index (χ4v) is 2.86. The molecule has 0 aliphatic rings. The van der Waals surface area contributed by atoms with E-state index in [-0.39, 0.29) is 0 Å². The summed E-state index contributed by atoms with van der Waals surface area (Å²) in [5, 5.41) is 0. The average Bonchev–Trinajstić information content (AvgIpc) is 2.85. The summed E-state index contributed by atoms with van der Waals surface area (Å²) < 4.78 is 14.1. The van der Waals surface area contributed by atoms with Crippen molar-refractivity contribution in [3.05, 3.63) is 42.5 Å². The van der Waals surface area contributed by atoms with Gasteiger partial charge in [0.1, 0.15) is 0 Å². The zero-order valence-corrected chi connectivity index (χ0v) is 11.2. The van der Waals surface area contributed by atoms with Crippen molar-refractivity contribution in [2.24, 2.45) is 0 Å². The molecular weight excluding hydrogens is 246 g/mol. The predicted octanol–water partition coefficient (Wildman–Crippen LogP) is 1.97. The summed E-state index contributed by atoms with van der Waals surface area (Å²) in [6.07, 6.45) is 6.30. The molecule has 1 aromatic heterocycles. The highest BCUT2D eigenvalue weighted by atomic mass is 32.2. The summed E-state index contributed by atoms with van der Waals surface area (Å²) in [5.41, 5.74) is 7.47. The molecule has 18 heavy (non-hydrogen) atoms. The minimum atomic E-state index is -0.953. The standard InChI is InChI=1S/C13H17N3OS/c1-11-9-12(3-4-13(11)14)18(17)8-2-6-16-7-5-15-10-16/h3-5,7,9-10H,2,6,8,14H2,1H3. The summed E-state index contributed by atoms with van der Waals surface area (Å²) in [4.78, 5) is 4.83. The lowest BCUT2D eigenvalue weighted by molar-refractivity contribution is 0.658. The van der Waals surface area contributed by atoms with E-state index < -0.39 is 10.8 Å². The van der Waals surface area contributed by atoms with Crippen LogP contribution in [0.1, 0.15) is 12.0 Å². The van der Waals surface area contributed by atoms with Gasteiger partial charge in [0.15, 0.2) is 0 Å². The smallest absolute Gasteiger partial charge is 0.0945 e. The Hall–Kier alpha value is -1.62. The average molecular weight is 263 g/mol. The molecular formula is C13H17N3OS. The van der Waals surface area contributed by atoms with Gasteiger partial charge in [0.2, 0.25) is 0 Å². The first-order chi connectivity index (χ1) is 8.66. The van der Waals surface area contributed by atoms with Gasteiger partial charge in [-0.25, -0.2) is 4.98 Å². The van der Waals surface area contributed by atoms with Crippen LogP contribution in [0.4, 0.5) is 5.69 Å². The van der Waals surface area contributed by atoms with Crippen LogP contribution in [0.3, 0.4) is 0 Å². The molecule has 2 rings (SSSR count). The zero-order valence-electron chi connectivity index (χ0n) is 10.4. The highest BCUT2D eigenvalue weighted by molar-refractivity contribution is 7.85. The third-order valence-electron chi connectivity index (χ3n) is 2.81. The van der Waals surface area contributed by atoms with E-state index >= 15 is 0 Å². The van der Waals surface area contributed by atoms with Crippen molar-refractivity contribution in [1.29, 1.82) is 0 Å². The molecule has 1 unspecified atom stereocenters. The first kappa shape index (κ1) is 12.8. The van der Waals surface area contributed by atoms with E-state index in [2.05, 4.69) is 4.98 Å². The van der Waals surface area contributed by atoms with E-state index in [1.54, 1.807) is 12.5 Å². The van der Waals surface area contributed by atoms with Gasteiger partial charge >= 0.3 is 0 Å². The van der Waals surface area contributed by atoms with Gasteiger partial charge < -0.3 is 10.3 Å². The van der Waals surface area contributed by atoms with Gasteiger partial charge in [-0.15, -0.1) is 0 Å². The van der Waals surface area contributed by atoms with Crippen LogP contribution < -0.4 is 5.73 Å². The van der Waals surface area contributed by atoms with Crippen molar-refractivity contribution in [2.75, 3.05) is 11.5 Å². The fourth-order valence-electron chi connectivity index (χ4n) is 1.70. The van der Waals surface area contributed by atoms with Gasteiger partial charge in [-0.05, 0) is 37.1 Å². The first-order valence-corrected chi connectivity index (χ1v) is 7.19. The molecule has 0 saturated heterocycles. The van der Waals surface area contributed by atoms with Gasteiger partial charge in [-0.3, -0.25) is 4.21 Å². The van der Waals surface area contributed by atoms with E-state index in [1.165, 1.54) is 0 Å². The second-order valence-electron chi connectivity index (χ2n) is 4.22. The number of imidazole rings is 1. The lowest BCUT2D eigenvalue weighted by Crippen LogP contribution is -2.04. The molecule has 2 N–H and O–H groups in total. The maximum atomic E-state index is 12.1. The van der Waals surface area contributed by atoms with Crippen LogP contribution in [0.15, 0.2) is 41.8 Å². The van der Waals surface area contributed by atoms with E-state index in [0.717, 1.165) is 29.1 Å². The summed E-state index contributed by atoms with van der Waals surface area (Å²) in [7, 11) is -0.953. The molecule has 4 nitrogen and oxygen atoms in total. The Morgan fingerprint density at radius 2 is 2.28 bits per heavy atom. The lowest BCUT2D eigenvalue weighted by Gasteiger charge is -2.06. The van der Waals surface area contributed by atoms with Crippen molar-refractivity contribution in [2.45, 2.75) is 24.8 Å². The third-order valence-corrected chi connectivity index (χ3v) is 4.25. The van der Waals surface area contributed by atoms with Crippen molar-refractivity contribution in [1.82, 2.24) is 9.55 Å². The molecule has 0 aliphatic carbocycles. The van der Waals surface area contributed by atoms with Crippen LogP contribution in [-0.2, 0) is 17.3 Å². The minimum Gasteiger partial charge on any atom is -0.399 e. The number of hydrogen-bond donors (Lipinski definition) is 1. The van der Waals surface area contributed by atoms with Crippen LogP contribution in [-0.4, -0.2) is 19.5 Å². The second kappa shape index (κ2) is 5.82. The zero-order chi connectivity index (χ0) is 13.0. The molecule has 0 radical (unpaired) electrons. The van der Waals surface area contributed by atoms with Gasteiger partial charge in [-0.2, -0.15) is 0 Å². The molecule has 96 valence electrons. The van der Waals surface area contributed by atoms with E-state index in [4.69, 9.17) is 5.73 Å². The number of anilines is 1. The molecule has 0 spiro atoms. The quantitative estimate of drug-likeness (QED) is 0.839. The molecule has 0 aliphatic heterocycles. The Balaban J connectivity index is 1.89. The number of benzene rings is 1. The number of rotatable bonds is 5. The van der Waals surface area contributed by atoms with Gasteiger partial charge in [0.05, 0.1) is 17.1 Å². The van der Waals surface area contributed by atoms with Gasteiger partial charge in [-0.1, -0.05) is 0 Å². The van der Waals surface area contributed by atoms with Gasteiger partial charge in [0, 0.05) is 35.3 Å². The summed E-state index contributed by atoms with van der Waals surface area (Å²) in [6, 6.07) is 5.57. The van der Waals surface area contributed by atoms with Crippen molar-refractivity contribution >= 4 is 16.5 Å². The Morgan fingerprint density at radius 3 is 2.94 bits per heavy atom. The van der Waals surface area contributed by atoms with Gasteiger partial charge in [0.25, 0.3) is 0 Å². The Kier molecular flexibility index (Phi) is 4.15. The maximum Gasteiger partial charge on any atom is 0.0945 e. The molecule has 1 aromatic carbocycles. The van der Waals surface area contributed by atoms with E-state index in [1.807, 2.05) is 35.9 Å². The van der Waals surface area contributed by atoms with Crippen molar-refractivity contribution in [3.8, 4) is 0 Å². The first-order valence-electron chi connectivity index (χ1n) is 5.87. The predicted molar refractivity (Wildman–Crippen MR) is 73.7 cm³/mol. The highest BCUT2D eigenvalue weighted by Gasteiger charge is 2.05. The van der Waals surface area contributed by atoms with Crippen LogP contribution in [0, 0.1) is 6.92 Å². The third kappa shape index (κ3) is 3.20. The molecule has 5 heteroatoms.